The number of aliphatic carboxylic acids is 1. The van der Waals surface area contributed by atoms with E-state index in [0.717, 1.165) is 0 Å². The van der Waals surface area contributed by atoms with Gasteiger partial charge in [0, 0.05) is 0 Å². The monoisotopic (exact) mass is 396 g/mol. The average molecular weight is 396 g/mol. The van der Waals surface area contributed by atoms with Gasteiger partial charge in [-0.3, -0.25) is 9.59 Å². The highest BCUT2D eigenvalue weighted by atomic mass is 19.3. The van der Waals surface area contributed by atoms with Crippen LogP contribution in [0.15, 0.2) is 24.3 Å². The number of nitrogens with zero attached hydrogens (tertiary/aromatic N) is 3. The summed E-state index contributed by atoms with van der Waals surface area (Å²) < 4.78 is 30.2. The highest BCUT2D eigenvalue weighted by Crippen LogP contribution is 2.22. The van der Waals surface area contributed by atoms with E-state index in [9.17, 15) is 18.4 Å². The maximum absolute atomic E-state index is 12.7. The van der Waals surface area contributed by atoms with Crippen molar-refractivity contribution in [3.05, 3.63) is 35.7 Å². The first-order valence-corrected chi connectivity index (χ1v) is 8.73. The Morgan fingerprint density at radius 2 is 1.86 bits per heavy atom. The zero-order valence-electron chi connectivity index (χ0n) is 15.8. The first-order chi connectivity index (χ1) is 13.2. The molecule has 0 spiro atoms. The highest BCUT2D eigenvalue weighted by Gasteiger charge is 2.32. The molecule has 0 atom stereocenters. The number of carboxylic acid groups (broad SMARTS) is 1. The van der Waals surface area contributed by atoms with Crippen LogP contribution in [0, 0.1) is 6.92 Å². The second kappa shape index (κ2) is 8.77. The molecule has 1 heterocycles. The smallest absolute Gasteiger partial charge is 0.387 e. The Bertz CT molecular complexity index is 833. The molecule has 0 unspecified atom stereocenters. The quantitative estimate of drug-likeness (QED) is 0.675. The molecule has 0 saturated carbocycles. The predicted octanol–water partition coefficient (Wildman–Crippen LogP) is 2.94. The number of hydrogen-bond acceptors (Lipinski definition) is 5. The number of carboxylic acids is 1. The van der Waals surface area contributed by atoms with Crippen LogP contribution in [0.3, 0.4) is 0 Å². The predicted molar refractivity (Wildman–Crippen MR) is 95.8 cm³/mol. The minimum Gasteiger partial charge on any atom is -0.481 e. The molecule has 1 aromatic heterocycles. The van der Waals surface area contributed by atoms with Crippen LogP contribution in [-0.4, -0.2) is 44.1 Å². The molecule has 0 aliphatic rings. The van der Waals surface area contributed by atoms with Gasteiger partial charge in [0.2, 0.25) is 0 Å². The fourth-order valence-electron chi connectivity index (χ4n) is 2.86. The number of carbonyl (C=O) groups is 2. The first-order valence-electron chi connectivity index (χ1n) is 8.73. The van der Waals surface area contributed by atoms with Gasteiger partial charge in [-0.1, -0.05) is 19.1 Å². The maximum Gasteiger partial charge on any atom is 0.387 e. The SMILES string of the molecule is CCC(CC)(CC(=O)O)NC(=O)c1nnn(-c2ccc(OC(F)F)cc2)c1C. The van der Waals surface area contributed by atoms with Crippen molar-refractivity contribution < 1.29 is 28.2 Å². The summed E-state index contributed by atoms with van der Waals surface area (Å²) in [5, 5.41) is 19.8. The fourth-order valence-corrected chi connectivity index (χ4v) is 2.86. The largest absolute Gasteiger partial charge is 0.481 e. The van der Waals surface area contributed by atoms with E-state index in [1.54, 1.807) is 20.8 Å². The molecule has 152 valence electrons. The number of aromatic nitrogens is 3. The van der Waals surface area contributed by atoms with E-state index in [-0.39, 0.29) is 17.9 Å². The first kappa shape index (κ1) is 21.3. The van der Waals surface area contributed by atoms with E-state index >= 15 is 0 Å². The lowest BCUT2D eigenvalue weighted by Crippen LogP contribution is -2.49. The van der Waals surface area contributed by atoms with Gasteiger partial charge in [0.05, 0.1) is 23.3 Å². The van der Waals surface area contributed by atoms with Gasteiger partial charge >= 0.3 is 12.6 Å². The molecule has 0 fully saturated rings. The molecule has 0 bridgehead atoms. The molecule has 0 radical (unpaired) electrons. The zero-order valence-corrected chi connectivity index (χ0v) is 15.8. The van der Waals surface area contributed by atoms with Crippen molar-refractivity contribution in [2.45, 2.75) is 52.2 Å². The molecule has 0 aliphatic heterocycles. The van der Waals surface area contributed by atoms with Gasteiger partial charge in [-0.2, -0.15) is 8.78 Å². The van der Waals surface area contributed by atoms with Crippen LogP contribution in [0.5, 0.6) is 5.75 Å². The van der Waals surface area contributed by atoms with Gasteiger partial charge in [-0.05, 0) is 44.0 Å². The van der Waals surface area contributed by atoms with E-state index in [0.29, 0.717) is 24.2 Å². The van der Waals surface area contributed by atoms with Crippen LogP contribution >= 0.6 is 0 Å². The van der Waals surface area contributed by atoms with E-state index in [2.05, 4.69) is 20.4 Å². The summed E-state index contributed by atoms with van der Waals surface area (Å²) in [4.78, 5) is 23.8. The molecule has 8 nitrogen and oxygen atoms in total. The van der Waals surface area contributed by atoms with Gasteiger partial charge in [-0.25, -0.2) is 4.68 Å². The van der Waals surface area contributed by atoms with Crippen LogP contribution in [-0.2, 0) is 4.79 Å². The molecule has 1 amide bonds. The fraction of sp³-hybridized carbons (Fsp3) is 0.444. The van der Waals surface area contributed by atoms with E-state index in [4.69, 9.17) is 5.11 Å². The number of rotatable bonds is 9. The third-order valence-electron chi connectivity index (χ3n) is 4.64. The van der Waals surface area contributed by atoms with E-state index in [1.807, 2.05) is 0 Å². The number of ether oxygens (including phenoxy) is 1. The highest BCUT2D eigenvalue weighted by molar-refractivity contribution is 5.94. The van der Waals surface area contributed by atoms with Crippen LogP contribution < -0.4 is 10.1 Å². The van der Waals surface area contributed by atoms with Crippen LogP contribution in [0.25, 0.3) is 5.69 Å². The molecule has 28 heavy (non-hydrogen) atoms. The summed E-state index contributed by atoms with van der Waals surface area (Å²) in [7, 11) is 0. The van der Waals surface area contributed by atoms with Gasteiger partial charge in [0.1, 0.15) is 5.75 Å². The standard InChI is InChI=1S/C18H22F2N4O4/c1-4-18(5-2,10-14(25)26)21-16(27)15-11(3)24(23-22-15)12-6-8-13(9-7-12)28-17(19)20/h6-9,17H,4-5,10H2,1-3H3,(H,21,27)(H,25,26). The molecule has 10 heteroatoms. The van der Waals surface area contributed by atoms with E-state index < -0.39 is 24.0 Å². The molecule has 2 N–H and O–H groups in total. The van der Waals surface area contributed by atoms with Crippen LogP contribution in [0.4, 0.5) is 8.78 Å². The Kier molecular flexibility index (Phi) is 6.66. The maximum atomic E-state index is 12.7. The van der Waals surface area contributed by atoms with Gasteiger partial charge < -0.3 is 15.2 Å². The van der Waals surface area contributed by atoms with Crippen molar-refractivity contribution in [3.63, 3.8) is 0 Å². The minimum atomic E-state index is -2.92. The lowest BCUT2D eigenvalue weighted by atomic mass is 9.88. The number of amides is 1. The van der Waals surface area contributed by atoms with Crippen molar-refractivity contribution in [1.82, 2.24) is 20.3 Å². The zero-order chi connectivity index (χ0) is 20.9. The summed E-state index contributed by atoms with van der Waals surface area (Å²) in [5.41, 5.74) is 0.113. The molecule has 0 saturated heterocycles. The molecule has 1 aromatic carbocycles. The lowest BCUT2D eigenvalue weighted by Gasteiger charge is -2.31. The average Bonchev–Trinajstić information content (AvgIpc) is 3.02. The number of hydrogen-bond donors (Lipinski definition) is 2. The third kappa shape index (κ3) is 4.81. The normalized spacial score (nSPS) is 11.5. The number of benzene rings is 1. The van der Waals surface area contributed by atoms with Crippen molar-refractivity contribution in [3.8, 4) is 11.4 Å². The Morgan fingerprint density at radius 1 is 1.25 bits per heavy atom. The van der Waals surface area contributed by atoms with Gasteiger partial charge in [-0.15, -0.1) is 5.10 Å². The minimum absolute atomic E-state index is 0.00108. The molecule has 2 rings (SSSR count). The van der Waals surface area contributed by atoms with Gasteiger partial charge in [0.15, 0.2) is 5.69 Å². The summed E-state index contributed by atoms with van der Waals surface area (Å²) in [6, 6.07) is 5.73. The van der Waals surface area contributed by atoms with Crippen LogP contribution in [0.2, 0.25) is 0 Å². The van der Waals surface area contributed by atoms with Crippen LogP contribution in [0.1, 0.15) is 49.3 Å². The van der Waals surface area contributed by atoms with Crippen molar-refractivity contribution in [2.24, 2.45) is 0 Å². The molecular weight excluding hydrogens is 374 g/mol. The van der Waals surface area contributed by atoms with E-state index in [1.165, 1.54) is 28.9 Å². The van der Waals surface area contributed by atoms with Gasteiger partial charge in [0.25, 0.3) is 5.91 Å². The number of carbonyl (C=O) groups excluding carboxylic acids is 1. The Morgan fingerprint density at radius 3 is 2.36 bits per heavy atom. The lowest BCUT2D eigenvalue weighted by molar-refractivity contribution is -0.138. The third-order valence-corrected chi connectivity index (χ3v) is 4.64. The van der Waals surface area contributed by atoms with Crippen molar-refractivity contribution in [1.29, 1.82) is 0 Å². The summed E-state index contributed by atoms with van der Waals surface area (Å²) in [6.07, 6.45) is 0.686. The van der Waals surface area contributed by atoms with Crippen molar-refractivity contribution in [2.75, 3.05) is 0 Å². The molecule has 2 aromatic rings. The molecule has 0 aliphatic carbocycles. The second-order valence-corrected chi connectivity index (χ2v) is 6.32. The number of halogens is 2. The van der Waals surface area contributed by atoms with Crippen molar-refractivity contribution >= 4 is 11.9 Å². The molecular formula is C18H22F2N4O4. The second-order valence-electron chi connectivity index (χ2n) is 6.32. The summed E-state index contributed by atoms with van der Waals surface area (Å²) >= 11 is 0. The Balaban J connectivity index is 2.24. The number of alkyl halides is 2. The topological polar surface area (TPSA) is 106 Å². The number of nitrogens with one attached hydrogen (secondary N) is 1. The Labute approximate surface area is 160 Å². The summed E-state index contributed by atoms with van der Waals surface area (Å²) in [6.45, 7) is 2.33. The summed E-state index contributed by atoms with van der Waals surface area (Å²) in [5.74, 6) is -1.53. The Hall–Kier alpha value is -3.04.